The summed E-state index contributed by atoms with van der Waals surface area (Å²) in [5, 5.41) is 28.3. The number of aromatic nitrogens is 2. The van der Waals surface area contributed by atoms with Gasteiger partial charge in [0.25, 0.3) is 0 Å². The molecule has 0 atom stereocenters. The van der Waals surface area contributed by atoms with Crippen molar-refractivity contribution in [2.45, 2.75) is 77.6 Å². The molecule has 198 valence electrons. The minimum atomic E-state index is -1.23. The SMILES string of the molecule is CC(C)(C)OC(=O)Nc1nc(C(COn2c(O)ccc2O)=NOC2(C(=O)OC(C)(C)C)CCC2)cs1. The third kappa shape index (κ3) is 7.03. The molecule has 2 aromatic heterocycles. The highest BCUT2D eigenvalue weighted by Gasteiger charge is 2.50. The van der Waals surface area contributed by atoms with E-state index in [1.54, 1.807) is 46.9 Å². The summed E-state index contributed by atoms with van der Waals surface area (Å²) in [6, 6.07) is 2.50. The van der Waals surface area contributed by atoms with Gasteiger partial charge in [0.15, 0.2) is 11.7 Å². The van der Waals surface area contributed by atoms with Crippen LogP contribution in [0.5, 0.6) is 11.8 Å². The minimum Gasteiger partial charge on any atom is -0.492 e. The normalized spacial score (nSPS) is 15.6. The molecule has 1 amide bonds. The Hall–Kier alpha value is -3.48. The van der Waals surface area contributed by atoms with Crippen molar-refractivity contribution >= 4 is 34.2 Å². The van der Waals surface area contributed by atoms with E-state index in [1.165, 1.54) is 12.1 Å². The maximum absolute atomic E-state index is 12.8. The summed E-state index contributed by atoms with van der Waals surface area (Å²) >= 11 is 1.12. The Kier molecular flexibility index (Phi) is 7.72. The van der Waals surface area contributed by atoms with E-state index in [4.69, 9.17) is 19.1 Å². The highest BCUT2D eigenvalue weighted by molar-refractivity contribution is 7.14. The van der Waals surface area contributed by atoms with Crippen LogP contribution in [-0.2, 0) is 19.1 Å². The molecular weight excluding hydrogens is 492 g/mol. The van der Waals surface area contributed by atoms with Gasteiger partial charge in [-0.25, -0.2) is 14.6 Å². The summed E-state index contributed by atoms with van der Waals surface area (Å²) in [4.78, 5) is 40.4. The van der Waals surface area contributed by atoms with Gasteiger partial charge in [0.2, 0.25) is 17.4 Å². The lowest BCUT2D eigenvalue weighted by atomic mass is 9.80. The topological polar surface area (TPSA) is 154 Å². The van der Waals surface area contributed by atoms with E-state index in [2.05, 4.69) is 15.5 Å². The van der Waals surface area contributed by atoms with E-state index in [0.717, 1.165) is 22.5 Å². The van der Waals surface area contributed by atoms with Crippen LogP contribution in [0.25, 0.3) is 0 Å². The number of nitrogens with one attached hydrogen (secondary N) is 1. The Labute approximate surface area is 212 Å². The average molecular weight is 525 g/mol. The number of nitrogens with zero attached hydrogens (tertiary/aromatic N) is 3. The summed E-state index contributed by atoms with van der Waals surface area (Å²) < 4.78 is 11.6. The van der Waals surface area contributed by atoms with E-state index < -0.39 is 28.9 Å². The van der Waals surface area contributed by atoms with Crippen molar-refractivity contribution in [3.05, 3.63) is 23.2 Å². The number of carbonyl (C=O) groups excluding carboxylic acids is 2. The van der Waals surface area contributed by atoms with Crippen molar-refractivity contribution in [2.24, 2.45) is 5.16 Å². The molecule has 1 saturated carbocycles. The van der Waals surface area contributed by atoms with Crippen molar-refractivity contribution in [2.75, 3.05) is 11.9 Å². The number of amides is 1. The van der Waals surface area contributed by atoms with Gasteiger partial charge in [-0.3, -0.25) is 5.32 Å². The molecule has 0 spiro atoms. The molecule has 0 aromatic carbocycles. The molecule has 1 fully saturated rings. The van der Waals surface area contributed by atoms with Crippen LogP contribution in [0.3, 0.4) is 0 Å². The molecule has 0 saturated heterocycles. The average Bonchev–Trinajstić information content (AvgIpc) is 3.27. The third-order valence-corrected chi connectivity index (χ3v) is 5.56. The van der Waals surface area contributed by atoms with Gasteiger partial charge in [-0.15, -0.1) is 16.1 Å². The van der Waals surface area contributed by atoms with Crippen molar-refractivity contribution in [1.82, 2.24) is 9.71 Å². The summed E-state index contributed by atoms with van der Waals surface area (Å²) in [5.74, 6) is -1.18. The molecule has 12 nitrogen and oxygen atoms in total. The second-order valence-corrected chi connectivity index (χ2v) is 11.1. The van der Waals surface area contributed by atoms with E-state index in [0.29, 0.717) is 12.8 Å². The molecule has 3 rings (SSSR count). The van der Waals surface area contributed by atoms with Gasteiger partial charge in [0.05, 0.1) is 0 Å². The van der Waals surface area contributed by atoms with E-state index in [9.17, 15) is 19.8 Å². The van der Waals surface area contributed by atoms with Crippen molar-refractivity contribution in [3.8, 4) is 11.8 Å². The fraction of sp³-hybridized carbons (Fsp3) is 0.565. The maximum atomic E-state index is 12.8. The molecular formula is C23H32N4O8S. The first-order valence-corrected chi connectivity index (χ1v) is 12.2. The number of carbonyl (C=O) groups is 2. The first kappa shape index (κ1) is 27.1. The molecule has 0 bridgehead atoms. The number of esters is 1. The monoisotopic (exact) mass is 524 g/mol. The third-order valence-electron chi connectivity index (χ3n) is 4.80. The fourth-order valence-electron chi connectivity index (χ4n) is 3.01. The fourth-order valence-corrected chi connectivity index (χ4v) is 3.71. The van der Waals surface area contributed by atoms with Gasteiger partial charge < -0.3 is 29.4 Å². The Morgan fingerprint density at radius 3 is 2.25 bits per heavy atom. The highest BCUT2D eigenvalue weighted by Crippen LogP contribution is 2.38. The van der Waals surface area contributed by atoms with Gasteiger partial charge in [0.1, 0.15) is 22.6 Å². The van der Waals surface area contributed by atoms with Crippen LogP contribution in [0.2, 0.25) is 0 Å². The number of oxime groups is 1. The second-order valence-electron chi connectivity index (χ2n) is 10.3. The molecule has 0 radical (unpaired) electrons. The van der Waals surface area contributed by atoms with Crippen LogP contribution >= 0.6 is 11.3 Å². The van der Waals surface area contributed by atoms with Crippen LogP contribution in [0, 0.1) is 0 Å². The molecule has 1 aliphatic rings. The zero-order chi connectivity index (χ0) is 26.7. The quantitative estimate of drug-likeness (QED) is 0.266. The molecule has 2 aromatic rings. The molecule has 2 heterocycles. The molecule has 1 aliphatic carbocycles. The Morgan fingerprint density at radius 2 is 1.72 bits per heavy atom. The number of rotatable bonds is 8. The predicted octanol–water partition coefficient (Wildman–Crippen LogP) is 3.82. The maximum Gasteiger partial charge on any atom is 0.413 e. The number of hydrogen-bond acceptors (Lipinski definition) is 11. The van der Waals surface area contributed by atoms with Gasteiger partial charge in [-0.1, -0.05) is 5.16 Å². The second kappa shape index (κ2) is 10.2. The molecule has 36 heavy (non-hydrogen) atoms. The smallest absolute Gasteiger partial charge is 0.413 e. The van der Waals surface area contributed by atoms with Gasteiger partial charge in [-0.2, -0.15) is 0 Å². The first-order chi connectivity index (χ1) is 16.7. The first-order valence-electron chi connectivity index (χ1n) is 11.3. The lowest BCUT2D eigenvalue weighted by Gasteiger charge is -2.38. The minimum absolute atomic E-state index is 0.144. The van der Waals surface area contributed by atoms with E-state index in [-0.39, 0.29) is 34.9 Å². The molecule has 0 unspecified atom stereocenters. The van der Waals surface area contributed by atoms with Gasteiger partial charge in [0, 0.05) is 30.4 Å². The number of thiazole rings is 1. The van der Waals surface area contributed by atoms with Crippen LogP contribution in [-0.4, -0.2) is 61.1 Å². The van der Waals surface area contributed by atoms with Crippen molar-refractivity contribution in [3.63, 3.8) is 0 Å². The van der Waals surface area contributed by atoms with Crippen LogP contribution in [0.4, 0.5) is 9.93 Å². The lowest BCUT2D eigenvalue weighted by Crippen LogP contribution is -2.50. The van der Waals surface area contributed by atoms with Crippen LogP contribution < -0.4 is 10.2 Å². The zero-order valence-corrected chi connectivity index (χ0v) is 22.0. The Balaban J connectivity index is 1.82. The Bertz CT molecular complexity index is 1100. The summed E-state index contributed by atoms with van der Waals surface area (Å²) in [6.45, 7) is 10.2. The number of hydrogen-bond donors (Lipinski definition) is 3. The summed E-state index contributed by atoms with van der Waals surface area (Å²) in [6.07, 6.45) is 0.962. The lowest BCUT2D eigenvalue weighted by molar-refractivity contribution is -0.196. The number of ether oxygens (including phenoxy) is 2. The number of aromatic hydroxyl groups is 2. The van der Waals surface area contributed by atoms with Crippen molar-refractivity contribution in [1.29, 1.82) is 0 Å². The van der Waals surface area contributed by atoms with Crippen LogP contribution in [0.1, 0.15) is 66.5 Å². The Morgan fingerprint density at radius 1 is 1.11 bits per heavy atom. The summed E-state index contributed by atoms with van der Waals surface area (Å²) in [5.41, 5.74) is -2.18. The molecule has 3 N–H and O–H groups in total. The predicted molar refractivity (Wildman–Crippen MR) is 131 cm³/mol. The van der Waals surface area contributed by atoms with E-state index in [1.807, 2.05) is 0 Å². The van der Waals surface area contributed by atoms with E-state index >= 15 is 0 Å². The highest BCUT2D eigenvalue weighted by atomic mass is 32.1. The van der Waals surface area contributed by atoms with Crippen LogP contribution in [0.15, 0.2) is 22.7 Å². The zero-order valence-electron chi connectivity index (χ0n) is 21.2. The molecule has 13 heteroatoms. The van der Waals surface area contributed by atoms with Gasteiger partial charge in [-0.05, 0) is 48.0 Å². The standard InChI is InChI=1S/C23H32N4O8S/c1-21(2,3)33-18(30)23(10-7-11-23)35-26-14(12-32-27-16(28)8-9-17(27)29)15-13-36-19(24-15)25-20(31)34-22(4,5)6/h8-9,13,28-29H,7,10-12H2,1-6H3,(H,24,25,31). The number of anilines is 1. The van der Waals surface area contributed by atoms with Crippen molar-refractivity contribution < 1.29 is 39.0 Å². The molecule has 0 aliphatic heterocycles. The van der Waals surface area contributed by atoms with Gasteiger partial charge >= 0.3 is 12.1 Å². The summed E-state index contributed by atoms with van der Waals surface area (Å²) in [7, 11) is 0. The largest absolute Gasteiger partial charge is 0.492 e.